The van der Waals surface area contributed by atoms with Crippen LogP contribution in [0.25, 0.3) is 0 Å². The Kier molecular flexibility index (Phi) is 71.2. The van der Waals surface area contributed by atoms with Crippen LogP contribution in [0.1, 0.15) is 427 Å². The first-order valence-electron chi connectivity index (χ1n) is 42.0. The molecule has 0 saturated heterocycles. The summed E-state index contributed by atoms with van der Waals surface area (Å²) >= 11 is 0. The number of phosphoric acid groups is 2. The van der Waals surface area contributed by atoms with Crippen molar-refractivity contribution in [1.82, 2.24) is 0 Å². The summed E-state index contributed by atoms with van der Waals surface area (Å²) in [4.78, 5) is 72.9. The zero-order chi connectivity index (χ0) is 73.5. The van der Waals surface area contributed by atoms with Gasteiger partial charge in [-0.05, 0) is 37.5 Å². The zero-order valence-corrected chi connectivity index (χ0v) is 67.3. The summed E-state index contributed by atoms with van der Waals surface area (Å²) in [5.41, 5.74) is 0. The molecule has 0 rings (SSSR count). The molecule has 0 amide bonds. The highest BCUT2D eigenvalue weighted by Crippen LogP contribution is 2.45. The number of hydrogen-bond acceptors (Lipinski definition) is 15. The highest BCUT2D eigenvalue weighted by molar-refractivity contribution is 7.47. The molecule has 0 aliphatic rings. The molecule has 100 heavy (non-hydrogen) atoms. The second-order valence-corrected chi connectivity index (χ2v) is 32.8. The van der Waals surface area contributed by atoms with Crippen molar-refractivity contribution in [2.24, 2.45) is 11.8 Å². The summed E-state index contributed by atoms with van der Waals surface area (Å²) in [5.74, 6) is -0.567. The van der Waals surface area contributed by atoms with Gasteiger partial charge < -0.3 is 33.8 Å². The van der Waals surface area contributed by atoms with Crippen molar-refractivity contribution in [1.29, 1.82) is 0 Å². The van der Waals surface area contributed by atoms with Crippen molar-refractivity contribution >= 4 is 39.5 Å². The molecule has 3 N–H and O–H groups in total. The summed E-state index contributed by atoms with van der Waals surface area (Å²) < 4.78 is 68.6. The lowest BCUT2D eigenvalue weighted by Gasteiger charge is -2.21. The largest absolute Gasteiger partial charge is 0.472 e. The fourth-order valence-corrected chi connectivity index (χ4v) is 14.1. The van der Waals surface area contributed by atoms with E-state index in [1.807, 2.05) is 0 Å². The van der Waals surface area contributed by atoms with Gasteiger partial charge in [-0.25, -0.2) is 9.13 Å². The molecule has 0 aliphatic heterocycles. The van der Waals surface area contributed by atoms with Gasteiger partial charge in [-0.15, -0.1) is 0 Å². The molecule has 0 aliphatic carbocycles. The van der Waals surface area contributed by atoms with Crippen LogP contribution < -0.4 is 0 Å². The first-order valence-corrected chi connectivity index (χ1v) is 45.0. The predicted octanol–water partition coefficient (Wildman–Crippen LogP) is 24.3. The van der Waals surface area contributed by atoms with Gasteiger partial charge in [0.2, 0.25) is 0 Å². The van der Waals surface area contributed by atoms with Crippen LogP contribution in [0.5, 0.6) is 0 Å². The Morgan fingerprint density at radius 3 is 0.760 bits per heavy atom. The summed E-state index contributed by atoms with van der Waals surface area (Å²) in [6.45, 7) is 9.61. The van der Waals surface area contributed by atoms with Crippen LogP contribution in [0.15, 0.2) is 0 Å². The van der Waals surface area contributed by atoms with E-state index >= 15 is 0 Å². The minimum absolute atomic E-state index is 0.104. The number of ether oxygens (including phenoxy) is 4. The van der Waals surface area contributed by atoms with Crippen LogP contribution in [0.2, 0.25) is 0 Å². The summed E-state index contributed by atoms with van der Waals surface area (Å²) in [7, 11) is -9.92. The number of phosphoric ester groups is 2. The highest BCUT2D eigenvalue weighted by Gasteiger charge is 2.30. The van der Waals surface area contributed by atoms with Crippen molar-refractivity contribution in [2.75, 3.05) is 39.6 Å². The smallest absolute Gasteiger partial charge is 0.462 e. The van der Waals surface area contributed by atoms with Crippen LogP contribution in [0, 0.1) is 11.8 Å². The van der Waals surface area contributed by atoms with E-state index in [4.69, 9.17) is 37.0 Å². The van der Waals surface area contributed by atoms with E-state index in [0.717, 1.165) is 95.8 Å². The number of carbonyl (C=O) groups excluding carboxylic acids is 4. The molecular weight excluding hydrogens is 1310 g/mol. The number of carbonyl (C=O) groups is 4. The number of esters is 4. The summed E-state index contributed by atoms with van der Waals surface area (Å²) in [5, 5.41) is 10.6. The third kappa shape index (κ3) is 73.0. The van der Waals surface area contributed by atoms with Gasteiger partial charge in [0.25, 0.3) is 0 Å². The third-order valence-corrected chi connectivity index (χ3v) is 21.2. The number of rotatable bonds is 80. The molecule has 17 nitrogen and oxygen atoms in total. The Morgan fingerprint density at radius 1 is 0.290 bits per heavy atom. The normalized spacial score (nSPS) is 14.2. The van der Waals surface area contributed by atoms with Crippen molar-refractivity contribution < 1.29 is 80.2 Å². The maximum atomic E-state index is 13.1. The summed E-state index contributed by atoms with van der Waals surface area (Å²) in [6.07, 6.45) is 62.7. The van der Waals surface area contributed by atoms with Gasteiger partial charge in [0.15, 0.2) is 12.2 Å². The van der Waals surface area contributed by atoms with Gasteiger partial charge in [-0.2, -0.15) is 0 Å². The molecule has 0 aromatic rings. The topological polar surface area (TPSA) is 237 Å². The van der Waals surface area contributed by atoms with Crippen molar-refractivity contribution in [3.05, 3.63) is 0 Å². The molecule has 19 heteroatoms. The Bertz CT molecular complexity index is 1930. The van der Waals surface area contributed by atoms with Crippen molar-refractivity contribution in [3.8, 4) is 0 Å². The number of aliphatic hydroxyl groups excluding tert-OH is 1. The first-order chi connectivity index (χ1) is 48.4. The molecule has 0 aromatic heterocycles. The predicted molar refractivity (Wildman–Crippen MR) is 409 cm³/mol. The summed E-state index contributed by atoms with van der Waals surface area (Å²) in [6, 6.07) is 0. The molecule has 0 saturated carbocycles. The fourth-order valence-electron chi connectivity index (χ4n) is 12.5. The molecule has 0 bridgehead atoms. The van der Waals surface area contributed by atoms with Crippen molar-refractivity contribution in [2.45, 2.75) is 445 Å². The van der Waals surface area contributed by atoms with Gasteiger partial charge >= 0.3 is 39.5 Å². The quantitative estimate of drug-likeness (QED) is 0.0222. The Hall–Kier alpha value is -1.94. The van der Waals surface area contributed by atoms with Gasteiger partial charge in [0.05, 0.1) is 26.4 Å². The molecular formula is C81H158O17P2. The van der Waals surface area contributed by atoms with Crippen LogP contribution in [0.4, 0.5) is 0 Å². The third-order valence-electron chi connectivity index (χ3n) is 19.3. The molecule has 6 atom stereocenters. The van der Waals surface area contributed by atoms with E-state index in [1.54, 1.807) is 0 Å². The molecule has 0 spiro atoms. The van der Waals surface area contributed by atoms with Crippen LogP contribution in [-0.2, 0) is 65.4 Å². The van der Waals surface area contributed by atoms with Gasteiger partial charge in [0.1, 0.15) is 19.3 Å². The van der Waals surface area contributed by atoms with Gasteiger partial charge in [0, 0.05) is 25.7 Å². The second kappa shape index (κ2) is 72.6. The van der Waals surface area contributed by atoms with E-state index in [1.165, 1.54) is 244 Å². The van der Waals surface area contributed by atoms with E-state index in [9.17, 15) is 43.2 Å². The SMILES string of the molecule is CCCCCCCCCCCCCCCCCCCCCCCCC(=O)O[C@H](COC(=O)CCCCCCCCCCCCCCCCC(C)CC)COP(=O)(O)OC[C@@H](O)COP(=O)(O)OC[C@@H](COC(=O)CCCCCCCCCCCC)OC(=O)CCCCCCCCCC(C)C. The highest BCUT2D eigenvalue weighted by atomic mass is 31.2. The second-order valence-electron chi connectivity index (χ2n) is 29.9. The molecule has 0 aromatic carbocycles. The van der Waals surface area contributed by atoms with E-state index in [0.29, 0.717) is 31.6 Å². The Balaban J connectivity index is 5.18. The molecule has 594 valence electrons. The van der Waals surface area contributed by atoms with E-state index < -0.39 is 97.5 Å². The van der Waals surface area contributed by atoms with E-state index in [-0.39, 0.29) is 25.7 Å². The molecule has 0 heterocycles. The minimum atomic E-state index is -4.96. The lowest BCUT2D eigenvalue weighted by Crippen LogP contribution is -2.30. The van der Waals surface area contributed by atoms with Gasteiger partial charge in [-0.3, -0.25) is 37.3 Å². The van der Waals surface area contributed by atoms with Crippen LogP contribution in [0.3, 0.4) is 0 Å². The minimum Gasteiger partial charge on any atom is -0.462 e. The average Bonchev–Trinajstić information content (AvgIpc) is 1.00. The number of unbranched alkanes of at least 4 members (excludes halogenated alkanes) is 49. The number of hydrogen-bond donors (Lipinski definition) is 3. The Morgan fingerprint density at radius 2 is 0.510 bits per heavy atom. The number of aliphatic hydroxyl groups is 1. The van der Waals surface area contributed by atoms with Crippen LogP contribution in [-0.4, -0.2) is 96.7 Å². The zero-order valence-electron chi connectivity index (χ0n) is 65.5. The lowest BCUT2D eigenvalue weighted by atomic mass is 9.99. The van der Waals surface area contributed by atoms with E-state index in [2.05, 4.69) is 41.5 Å². The van der Waals surface area contributed by atoms with Crippen LogP contribution >= 0.6 is 15.6 Å². The monoisotopic (exact) mass is 1470 g/mol. The van der Waals surface area contributed by atoms with Crippen molar-refractivity contribution in [3.63, 3.8) is 0 Å². The fraction of sp³-hybridized carbons (Fsp3) is 0.951. The first kappa shape index (κ1) is 98.1. The standard InChI is InChI=1S/C81H158O17P2/c1-7-10-12-14-16-18-20-21-22-23-24-25-26-27-28-29-34-37-41-47-53-59-65-80(85)97-76(69-92-79(84)64-58-52-46-40-36-33-31-30-32-35-38-44-50-56-62-74(6)9-3)71-95-99(87,88)93-67-75(82)68-94-100(89,90)96-72-77(98-81(86)66-60-54-48-42-43-49-55-61-73(4)5)70-91-78(83)63-57-51-45-39-19-17-15-13-11-8-2/h73-77,82H,7-72H2,1-6H3,(H,87,88)(H,89,90)/t74?,75-,76-,77-/m1/s1. The molecule has 3 unspecified atom stereocenters. The lowest BCUT2D eigenvalue weighted by molar-refractivity contribution is -0.161. The van der Waals surface area contributed by atoms with Gasteiger partial charge in [-0.1, -0.05) is 375 Å². The maximum absolute atomic E-state index is 13.1. The maximum Gasteiger partial charge on any atom is 0.472 e. The average molecular weight is 1470 g/mol. The molecule has 0 radical (unpaired) electrons. The Labute approximate surface area is 613 Å². The molecule has 0 fully saturated rings.